The number of hydrogen-bond acceptors (Lipinski definition) is 2. The van der Waals surface area contributed by atoms with Crippen LogP contribution in [0.15, 0.2) is 11.5 Å². The van der Waals surface area contributed by atoms with Crippen molar-refractivity contribution >= 4 is 17.7 Å². The molecule has 3 heteroatoms. The summed E-state index contributed by atoms with van der Waals surface area (Å²) in [7, 11) is 0. The topological polar surface area (TPSA) is 29.1 Å². The molecule has 1 N–H and O–H groups in total. The molecule has 0 aromatic rings. The minimum atomic E-state index is 0.202. The Bertz CT molecular complexity index is 190. The maximum absolute atomic E-state index is 10.9. The highest BCUT2D eigenvalue weighted by Crippen LogP contribution is 2.30. The molecule has 2 rings (SSSR count). The molecule has 2 atom stereocenters. The summed E-state index contributed by atoms with van der Waals surface area (Å²) in [4.78, 5) is 10.9. The first-order chi connectivity index (χ1) is 4.86. The monoisotopic (exact) mass is 155 g/mol. The smallest absolute Gasteiger partial charge is 0.220 e. The van der Waals surface area contributed by atoms with Gasteiger partial charge >= 0.3 is 0 Å². The van der Waals surface area contributed by atoms with Crippen LogP contribution in [0.25, 0.3) is 0 Å². The molecule has 0 aromatic heterocycles. The summed E-state index contributed by atoms with van der Waals surface area (Å²) in [5.74, 6) is 0.202. The third-order valence-electron chi connectivity index (χ3n) is 1.92. The lowest BCUT2D eigenvalue weighted by molar-refractivity contribution is -0.122. The first-order valence-electron chi connectivity index (χ1n) is 3.48. The minimum absolute atomic E-state index is 0.202. The molecule has 0 bridgehead atoms. The molecule has 2 aliphatic rings. The zero-order valence-electron chi connectivity index (χ0n) is 5.54. The van der Waals surface area contributed by atoms with E-state index in [0.717, 1.165) is 6.42 Å². The average Bonchev–Trinajstić information content (AvgIpc) is 2.33. The molecule has 54 valence electrons. The number of fused-ring (bicyclic) bond motifs is 1. The van der Waals surface area contributed by atoms with Crippen molar-refractivity contribution in [2.24, 2.45) is 0 Å². The lowest BCUT2D eigenvalue weighted by Crippen LogP contribution is -2.43. The highest BCUT2D eigenvalue weighted by Gasteiger charge is 2.29. The van der Waals surface area contributed by atoms with E-state index in [9.17, 15) is 4.79 Å². The average molecular weight is 155 g/mol. The van der Waals surface area contributed by atoms with Gasteiger partial charge in [0.1, 0.15) is 0 Å². The zero-order chi connectivity index (χ0) is 6.97. The number of hydrogen-bond donors (Lipinski definition) is 1. The predicted molar refractivity (Wildman–Crippen MR) is 41.7 cm³/mol. The highest BCUT2D eigenvalue weighted by molar-refractivity contribution is 8.03. The van der Waals surface area contributed by atoms with Gasteiger partial charge in [-0.25, -0.2) is 0 Å². The van der Waals surface area contributed by atoms with Gasteiger partial charge in [-0.2, -0.15) is 0 Å². The van der Waals surface area contributed by atoms with Crippen LogP contribution in [0.4, 0.5) is 0 Å². The number of rotatable bonds is 0. The minimum Gasteiger partial charge on any atom is -0.349 e. The largest absolute Gasteiger partial charge is 0.349 e. The van der Waals surface area contributed by atoms with Gasteiger partial charge < -0.3 is 5.32 Å². The third-order valence-corrected chi connectivity index (χ3v) is 3.12. The van der Waals surface area contributed by atoms with E-state index in [4.69, 9.17) is 0 Å². The lowest BCUT2D eigenvalue weighted by Gasteiger charge is -2.24. The Balaban J connectivity index is 2.08. The number of amides is 1. The second kappa shape index (κ2) is 2.31. The van der Waals surface area contributed by atoms with Crippen LogP contribution < -0.4 is 5.32 Å². The standard InChI is InChI=1S/C7H9NOS/c9-7-2-1-6-5(8-7)3-4-10-6/h3-6H,1-2H2,(H,8,9). The summed E-state index contributed by atoms with van der Waals surface area (Å²) in [5.41, 5.74) is 0. The first kappa shape index (κ1) is 6.28. The molecule has 2 aliphatic heterocycles. The Kier molecular flexibility index (Phi) is 1.45. The molecule has 1 fully saturated rings. The number of thioether (sulfide) groups is 1. The Hall–Kier alpha value is -0.440. The number of carbonyl (C=O) groups is 1. The van der Waals surface area contributed by atoms with Gasteiger partial charge in [0.05, 0.1) is 6.04 Å². The van der Waals surface area contributed by atoms with E-state index in [2.05, 4.69) is 16.8 Å². The predicted octanol–water partition coefficient (Wildman–Crippen LogP) is 0.894. The molecule has 0 spiro atoms. The Labute approximate surface area is 64.1 Å². The van der Waals surface area contributed by atoms with Gasteiger partial charge in [0.2, 0.25) is 5.91 Å². The van der Waals surface area contributed by atoms with Crippen LogP contribution in [0, 0.1) is 0 Å². The van der Waals surface area contributed by atoms with E-state index in [1.54, 1.807) is 0 Å². The van der Waals surface area contributed by atoms with E-state index in [1.165, 1.54) is 0 Å². The van der Waals surface area contributed by atoms with Crippen molar-refractivity contribution in [1.82, 2.24) is 5.32 Å². The van der Waals surface area contributed by atoms with Crippen LogP contribution >= 0.6 is 11.8 Å². The fourth-order valence-electron chi connectivity index (χ4n) is 1.36. The fraction of sp³-hybridized carbons (Fsp3) is 0.571. The molecule has 2 unspecified atom stereocenters. The van der Waals surface area contributed by atoms with E-state index < -0.39 is 0 Å². The molecule has 10 heavy (non-hydrogen) atoms. The first-order valence-corrected chi connectivity index (χ1v) is 4.42. The van der Waals surface area contributed by atoms with Crippen LogP contribution in [0.2, 0.25) is 0 Å². The van der Waals surface area contributed by atoms with E-state index in [-0.39, 0.29) is 5.91 Å². The number of carbonyl (C=O) groups excluding carboxylic acids is 1. The van der Waals surface area contributed by atoms with Crippen LogP contribution in [0.5, 0.6) is 0 Å². The van der Waals surface area contributed by atoms with Gasteiger partial charge in [0.25, 0.3) is 0 Å². The van der Waals surface area contributed by atoms with Crippen LogP contribution in [0.1, 0.15) is 12.8 Å². The number of nitrogens with one attached hydrogen (secondary N) is 1. The Morgan fingerprint density at radius 2 is 2.60 bits per heavy atom. The van der Waals surface area contributed by atoms with Gasteiger partial charge in [-0.3, -0.25) is 4.79 Å². The second-order valence-corrected chi connectivity index (χ2v) is 3.78. The second-order valence-electron chi connectivity index (χ2n) is 2.64. The summed E-state index contributed by atoms with van der Waals surface area (Å²) in [6.07, 6.45) is 3.82. The number of piperidine rings is 1. The van der Waals surface area contributed by atoms with Crippen molar-refractivity contribution in [1.29, 1.82) is 0 Å². The van der Waals surface area contributed by atoms with Crippen LogP contribution in [0.3, 0.4) is 0 Å². The van der Waals surface area contributed by atoms with Crippen LogP contribution in [-0.2, 0) is 4.79 Å². The van der Waals surface area contributed by atoms with E-state index >= 15 is 0 Å². The summed E-state index contributed by atoms with van der Waals surface area (Å²) in [6, 6.07) is 0.325. The molecule has 2 heterocycles. The van der Waals surface area contributed by atoms with Gasteiger partial charge in [0, 0.05) is 11.7 Å². The van der Waals surface area contributed by atoms with Crippen molar-refractivity contribution < 1.29 is 4.79 Å². The molecular formula is C7H9NOS. The molecule has 1 amide bonds. The molecule has 0 saturated carbocycles. The summed E-state index contributed by atoms with van der Waals surface area (Å²) in [5, 5.41) is 5.64. The fourth-order valence-corrected chi connectivity index (χ4v) is 2.40. The van der Waals surface area contributed by atoms with Crippen molar-refractivity contribution in [3.63, 3.8) is 0 Å². The van der Waals surface area contributed by atoms with Crippen molar-refractivity contribution in [2.75, 3.05) is 0 Å². The maximum Gasteiger partial charge on any atom is 0.220 e. The molecular weight excluding hydrogens is 146 g/mol. The van der Waals surface area contributed by atoms with Crippen LogP contribution in [-0.4, -0.2) is 17.2 Å². The quantitative estimate of drug-likeness (QED) is 0.563. The van der Waals surface area contributed by atoms with Crippen molar-refractivity contribution in [2.45, 2.75) is 24.1 Å². The Morgan fingerprint density at radius 3 is 3.50 bits per heavy atom. The molecule has 0 radical (unpaired) electrons. The normalized spacial score (nSPS) is 37.4. The zero-order valence-corrected chi connectivity index (χ0v) is 6.36. The maximum atomic E-state index is 10.9. The van der Waals surface area contributed by atoms with Gasteiger partial charge in [-0.1, -0.05) is 6.08 Å². The van der Waals surface area contributed by atoms with Gasteiger partial charge in [-0.05, 0) is 11.8 Å². The van der Waals surface area contributed by atoms with E-state index in [1.807, 2.05) is 11.8 Å². The molecule has 1 saturated heterocycles. The van der Waals surface area contributed by atoms with Crippen molar-refractivity contribution in [3.8, 4) is 0 Å². The summed E-state index contributed by atoms with van der Waals surface area (Å²) >= 11 is 1.83. The van der Waals surface area contributed by atoms with E-state index in [0.29, 0.717) is 17.7 Å². The van der Waals surface area contributed by atoms with Crippen molar-refractivity contribution in [3.05, 3.63) is 11.5 Å². The molecule has 0 aromatic carbocycles. The Morgan fingerprint density at radius 1 is 1.70 bits per heavy atom. The highest BCUT2D eigenvalue weighted by atomic mass is 32.2. The molecule has 2 nitrogen and oxygen atoms in total. The van der Waals surface area contributed by atoms with Gasteiger partial charge in [-0.15, -0.1) is 11.8 Å². The van der Waals surface area contributed by atoms with Gasteiger partial charge in [0.15, 0.2) is 0 Å². The summed E-state index contributed by atoms with van der Waals surface area (Å²) < 4.78 is 0. The molecule has 0 aliphatic carbocycles. The summed E-state index contributed by atoms with van der Waals surface area (Å²) in [6.45, 7) is 0. The SMILES string of the molecule is O=C1CCC2SC=CC2N1. The lowest BCUT2D eigenvalue weighted by atomic mass is 10.0. The third kappa shape index (κ3) is 0.944.